The molecule has 0 aliphatic rings. The van der Waals surface area contributed by atoms with Crippen molar-refractivity contribution in [1.82, 2.24) is 9.97 Å². The molecule has 4 nitrogen and oxygen atoms in total. The fourth-order valence-corrected chi connectivity index (χ4v) is 1.79. The quantitative estimate of drug-likeness (QED) is 0.697. The summed E-state index contributed by atoms with van der Waals surface area (Å²) < 4.78 is 5.66. The number of pyridine rings is 2. The Morgan fingerprint density at radius 3 is 2.89 bits per heavy atom. The number of aromatic nitrogens is 2. The van der Waals surface area contributed by atoms with E-state index in [4.69, 9.17) is 10.00 Å². The molecule has 3 rings (SSSR count). The van der Waals surface area contributed by atoms with Gasteiger partial charge < -0.3 is 4.74 Å². The second kappa shape index (κ2) is 4.75. The van der Waals surface area contributed by atoms with E-state index in [1.807, 2.05) is 30.3 Å². The van der Waals surface area contributed by atoms with Crippen LogP contribution in [0.2, 0.25) is 0 Å². The molecule has 0 aliphatic carbocycles. The second-order valence-electron chi connectivity index (χ2n) is 3.95. The molecule has 0 amide bonds. The lowest BCUT2D eigenvalue weighted by molar-refractivity contribution is 0.477. The molecule has 2 heterocycles. The third-order valence-corrected chi connectivity index (χ3v) is 2.70. The van der Waals surface area contributed by atoms with Crippen LogP contribution in [0.1, 0.15) is 5.56 Å². The maximum atomic E-state index is 8.99. The van der Waals surface area contributed by atoms with Gasteiger partial charge in [0.05, 0.1) is 23.5 Å². The van der Waals surface area contributed by atoms with Crippen molar-refractivity contribution < 1.29 is 4.74 Å². The maximum absolute atomic E-state index is 8.99. The molecule has 1 aromatic carbocycles. The standard InChI is InChI=1S/C15H9N3O/c16-8-12-5-6-17-10-15(12)19-13-7-11-3-1-2-4-14(11)18-9-13/h1-7,9-10H. The molecule has 0 spiro atoms. The van der Waals surface area contributed by atoms with Crippen LogP contribution in [0.15, 0.2) is 55.0 Å². The average Bonchev–Trinajstić information content (AvgIpc) is 2.48. The van der Waals surface area contributed by atoms with E-state index in [2.05, 4.69) is 16.0 Å². The molecule has 19 heavy (non-hydrogen) atoms. The van der Waals surface area contributed by atoms with Crippen LogP contribution in [0.5, 0.6) is 11.5 Å². The maximum Gasteiger partial charge on any atom is 0.163 e. The third-order valence-electron chi connectivity index (χ3n) is 2.70. The highest BCUT2D eigenvalue weighted by Gasteiger charge is 2.05. The van der Waals surface area contributed by atoms with Crippen molar-refractivity contribution in [3.8, 4) is 17.6 Å². The van der Waals surface area contributed by atoms with Gasteiger partial charge in [0, 0.05) is 11.6 Å². The second-order valence-corrected chi connectivity index (χ2v) is 3.95. The molecule has 0 fully saturated rings. The Labute approximate surface area is 109 Å². The first kappa shape index (κ1) is 11.2. The lowest BCUT2D eigenvalue weighted by Gasteiger charge is -2.07. The van der Waals surface area contributed by atoms with Crippen LogP contribution in [0.25, 0.3) is 10.9 Å². The lowest BCUT2D eigenvalue weighted by Crippen LogP contribution is -1.90. The summed E-state index contributed by atoms with van der Waals surface area (Å²) >= 11 is 0. The van der Waals surface area contributed by atoms with Crippen molar-refractivity contribution in [2.45, 2.75) is 0 Å². The van der Waals surface area contributed by atoms with Gasteiger partial charge in [-0.15, -0.1) is 0 Å². The number of benzene rings is 1. The van der Waals surface area contributed by atoms with Gasteiger partial charge in [-0.3, -0.25) is 9.97 Å². The van der Waals surface area contributed by atoms with E-state index < -0.39 is 0 Å². The molecule has 4 heteroatoms. The number of para-hydroxylation sites is 1. The fourth-order valence-electron chi connectivity index (χ4n) is 1.79. The Morgan fingerprint density at radius 2 is 2.00 bits per heavy atom. The number of hydrogen-bond acceptors (Lipinski definition) is 4. The van der Waals surface area contributed by atoms with Gasteiger partial charge in [-0.1, -0.05) is 18.2 Å². The van der Waals surface area contributed by atoms with Gasteiger partial charge in [0.1, 0.15) is 11.8 Å². The van der Waals surface area contributed by atoms with Crippen molar-refractivity contribution >= 4 is 10.9 Å². The predicted molar refractivity (Wildman–Crippen MR) is 70.8 cm³/mol. The van der Waals surface area contributed by atoms with Crippen LogP contribution in [0.4, 0.5) is 0 Å². The number of fused-ring (bicyclic) bond motifs is 1. The van der Waals surface area contributed by atoms with E-state index in [0.29, 0.717) is 17.1 Å². The summed E-state index contributed by atoms with van der Waals surface area (Å²) in [5.41, 5.74) is 1.35. The fraction of sp³-hybridized carbons (Fsp3) is 0. The van der Waals surface area contributed by atoms with Gasteiger partial charge in [0.15, 0.2) is 5.75 Å². The van der Waals surface area contributed by atoms with Gasteiger partial charge in [-0.05, 0) is 18.2 Å². The minimum Gasteiger partial charge on any atom is -0.453 e. The van der Waals surface area contributed by atoms with Crippen LogP contribution >= 0.6 is 0 Å². The normalized spacial score (nSPS) is 10.1. The van der Waals surface area contributed by atoms with E-state index in [-0.39, 0.29) is 0 Å². The monoisotopic (exact) mass is 247 g/mol. The zero-order valence-electron chi connectivity index (χ0n) is 9.95. The molecule has 0 bridgehead atoms. The molecule has 0 saturated carbocycles. The summed E-state index contributed by atoms with van der Waals surface area (Å²) in [6, 6.07) is 13.3. The number of hydrogen-bond donors (Lipinski definition) is 0. The first-order valence-corrected chi connectivity index (χ1v) is 5.73. The minimum atomic E-state index is 0.432. The van der Waals surface area contributed by atoms with Gasteiger partial charge >= 0.3 is 0 Å². The Hall–Kier alpha value is -2.93. The van der Waals surface area contributed by atoms with Crippen LogP contribution in [-0.4, -0.2) is 9.97 Å². The molecule has 90 valence electrons. The van der Waals surface area contributed by atoms with Crippen LogP contribution in [0.3, 0.4) is 0 Å². The first-order valence-electron chi connectivity index (χ1n) is 5.73. The molecule has 0 unspecified atom stereocenters. The zero-order valence-corrected chi connectivity index (χ0v) is 9.95. The molecule has 0 aliphatic heterocycles. The van der Waals surface area contributed by atoms with Crippen LogP contribution in [-0.2, 0) is 0 Å². The zero-order chi connectivity index (χ0) is 13.1. The van der Waals surface area contributed by atoms with Crippen LogP contribution in [0, 0.1) is 11.3 Å². The molecule has 0 N–H and O–H groups in total. The number of nitriles is 1. The highest BCUT2D eigenvalue weighted by Crippen LogP contribution is 2.25. The summed E-state index contributed by atoms with van der Waals surface area (Å²) in [6.45, 7) is 0. The van der Waals surface area contributed by atoms with Crippen molar-refractivity contribution in [1.29, 1.82) is 5.26 Å². The smallest absolute Gasteiger partial charge is 0.163 e. The van der Waals surface area contributed by atoms with Gasteiger partial charge in [0.25, 0.3) is 0 Å². The Kier molecular flexibility index (Phi) is 2.79. The summed E-state index contributed by atoms with van der Waals surface area (Å²) in [4.78, 5) is 8.26. The molecule has 0 radical (unpaired) electrons. The van der Waals surface area contributed by atoms with E-state index in [1.54, 1.807) is 18.5 Å². The molecule has 2 aromatic heterocycles. The molecule has 0 saturated heterocycles. The summed E-state index contributed by atoms with van der Waals surface area (Å²) in [6.07, 6.45) is 4.72. The largest absolute Gasteiger partial charge is 0.453 e. The highest BCUT2D eigenvalue weighted by molar-refractivity contribution is 5.79. The van der Waals surface area contributed by atoms with Crippen molar-refractivity contribution in [3.63, 3.8) is 0 Å². The molecular formula is C15H9N3O. The van der Waals surface area contributed by atoms with Crippen molar-refractivity contribution in [3.05, 3.63) is 60.6 Å². The summed E-state index contributed by atoms with van der Waals surface area (Å²) in [5, 5.41) is 9.98. The van der Waals surface area contributed by atoms with Crippen LogP contribution < -0.4 is 4.74 Å². The van der Waals surface area contributed by atoms with E-state index >= 15 is 0 Å². The Balaban J connectivity index is 1.99. The minimum absolute atomic E-state index is 0.432. The lowest BCUT2D eigenvalue weighted by atomic mass is 10.2. The van der Waals surface area contributed by atoms with E-state index in [0.717, 1.165) is 10.9 Å². The number of ether oxygens (including phenoxy) is 1. The summed E-state index contributed by atoms with van der Waals surface area (Å²) in [7, 11) is 0. The van der Waals surface area contributed by atoms with Crippen molar-refractivity contribution in [2.75, 3.05) is 0 Å². The topological polar surface area (TPSA) is 58.8 Å². The SMILES string of the molecule is N#Cc1ccncc1Oc1cnc2ccccc2c1. The Bertz CT molecular complexity index is 777. The number of rotatable bonds is 2. The van der Waals surface area contributed by atoms with E-state index in [1.165, 1.54) is 6.20 Å². The average molecular weight is 247 g/mol. The Morgan fingerprint density at radius 1 is 1.11 bits per heavy atom. The number of nitrogens with zero attached hydrogens (tertiary/aromatic N) is 3. The first-order chi connectivity index (χ1) is 9.36. The van der Waals surface area contributed by atoms with Gasteiger partial charge in [-0.25, -0.2) is 0 Å². The summed E-state index contributed by atoms with van der Waals surface area (Å²) in [5.74, 6) is 1.02. The van der Waals surface area contributed by atoms with Gasteiger partial charge in [-0.2, -0.15) is 5.26 Å². The van der Waals surface area contributed by atoms with Gasteiger partial charge in [0.2, 0.25) is 0 Å². The third kappa shape index (κ3) is 2.22. The predicted octanol–water partition coefficient (Wildman–Crippen LogP) is 3.29. The molecular weight excluding hydrogens is 238 g/mol. The highest BCUT2D eigenvalue weighted by atomic mass is 16.5. The molecule has 3 aromatic rings. The van der Waals surface area contributed by atoms with E-state index in [9.17, 15) is 0 Å². The van der Waals surface area contributed by atoms with Crippen molar-refractivity contribution in [2.24, 2.45) is 0 Å². The molecule has 0 atom stereocenters.